The fourth-order valence-corrected chi connectivity index (χ4v) is 8.03. The Hall–Kier alpha value is -1.95. The molecule has 0 unspecified atom stereocenters. The molecular weight excluding hydrogens is 499 g/mol. The van der Waals surface area contributed by atoms with E-state index in [1.165, 1.54) is 30.2 Å². The van der Waals surface area contributed by atoms with E-state index in [2.05, 4.69) is 6.92 Å². The number of benzene rings is 2. The van der Waals surface area contributed by atoms with Crippen molar-refractivity contribution in [3.8, 4) is 0 Å². The van der Waals surface area contributed by atoms with E-state index in [1.807, 2.05) is 6.07 Å². The summed E-state index contributed by atoms with van der Waals surface area (Å²) in [5.41, 5.74) is 1.51. The zero-order chi connectivity index (χ0) is 26.1. The summed E-state index contributed by atoms with van der Waals surface area (Å²) in [7, 11) is 0. The summed E-state index contributed by atoms with van der Waals surface area (Å²) in [6, 6.07) is 5.75. The third kappa shape index (κ3) is 5.74. The Morgan fingerprint density at radius 1 is 0.703 bits per heavy atom. The van der Waals surface area contributed by atoms with Gasteiger partial charge in [-0.2, -0.15) is 0 Å². The topological polar surface area (TPSA) is 0 Å². The largest absolute Gasteiger partial charge is 0.206 e. The highest BCUT2D eigenvalue weighted by Gasteiger charge is 2.32. The highest BCUT2D eigenvalue weighted by molar-refractivity contribution is 7.19. The average Bonchev–Trinajstić information content (AvgIpc) is 3.22. The van der Waals surface area contributed by atoms with E-state index in [1.54, 1.807) is 0 Å². The first-order chi connectivity index (χ1) is 17.8. The lowest BCUT2D eigenvalue weighted by molar-refractivity contribution is 0.157. The number of hydrogen-bond donors (Lipinski definition) is 0. The molecule has 0 atom stereocenters. The molecule has 0 saturated heterocycles. The van der Waals surface area contributed by atoms with E-state index in [-0.39, 0.29) is 17.1 Å². The SMILES string of the molecule is CCCc1cc(F)c2c(F)c(CCC3CCC(C4CCC(c5cc(F)c(F)c(F)c5)CC4)CC3)sc2c1. The summed E-state index contributed by atoms with van der Waals surface area (Å²) in [5.74, 6) is -2.43. The Morgan fingerprint density at radius 2 is 1.32 bits per heavy atom. The summed E-state index contributed by atoms with van der Waals surface area (Å²) >= 11 is 1.41. The lowest BCUT2D eigenvalue weighted by Crippen LogP contribution is -2.25. The van der Waals surface area contributed by atoms with Gasteiger partial charge in [0.05, 0.1) is 5.39 Å². The fourth-order valence-electron chi connectivity index (χ4n) is 6.86. The van der Waals surface area contributed by atoms with E-state index in [4.69, 9.17) is 0 Å². The number of halogens is 5. The molecule has 1 aromatic heterocycles. The monoisotopic (exact) mass is 534 g/mol. The van der Waals surface area contributed by atoms with E-state index in [9.17, 15) is 22.0 Å². The summed E-state index contributed by atoms with van der Waals surface area (Å²) in [5, 5.41) is 0.158. The molecule has 0 nitrogen and oxygen atoms in total. The van der Waals surface area contributed by atoms with Gasteiger partial charge >= 0.3 is 0 Å². The van der Waals surface area contributed by atoms with E-state index >= 15 is 0 Å². The van der Waals surface area contributed by atoms with Crippen molar-refractivity contribution >= 4 is 21.4 Å². The molecule has 2 fully saturated rings. The Labute approximate surface area is 220 Å². The van der Waals surface area contributed by atoms with Crippen LogP contribution in [0.1, 0.15) is 93.1 Å². The lowest BCUT2D eigenvalue weighted by Gasteiger charge is -2.38. The van der Waals surface area contributed by atoms with Crippen LogP contribution in [0.15, 0.2) is 24.3 Å². The van der Waals surface area contributed by atoms with Gasteiger partial charge in [0, 0.05) is 9.58 Å². The standard InChI is InChI=1S/C31H35F5S/c1-2-3-19-14-24(32)29-28(15-19)37-27(31(29)36)13-6-18-4-7-20(8-5-18)21-9-11-22(12-10-21)23-16-25(33)30(35)26(34)17-23/h14-18,20-22H,2-13H2,1H3. The molecule has 0 spiro atoms. The molecule has 6 heteroatoms. The molecule has 37 heavy (non-hydrogen) atoms. The molecule has 2 aliphatic rings. The van der Waals surface area contributed by atoms with Crippen molar-refractivity contribution in [1.29, 1.82) is 0 Å². The second-order valence-corrected chi connectivity index (χ2v) is 12.4. The van der Waals surface area contributed by atoms with Crippen molar-refractivity contribution in [3.63, 3.8) is 0 Å². The van der Waals surface area contributed by atoms with Crippen molar-refractivity contribution in [2.45, 2.75) is 89.9 Å². The minimum Gasteiger partial charge on any atom is -0.206 e. The predicted octanol–water partition coefficient (Wildman–Crippen LogP) is 10.3. The van der Waals surface area contributed by atoms with Crippen LogP contribution in [-0.2, 0) is 12.8 Å². The lowest BCUT2D eigenvalue weighted by atomic mass is 9.68. The molecule has 1 heterocycles. The minimum absolute atomic E-state index is 0.0938. The first kappa shape index (κ1) is 26.6. The van der Waals surface area contributed by atoms with Gasteiger partial charge in [0.25, 0.3) is 0 Å². The van der Waals surface area contributed by atoms with E-state index in [0.29, 0.717) is 34.6 Å². The molecule has 0 aliphatic heterocycles. The van der Waals surface area contributed by atoms with Crippen LogP contribution in [0.4, 0.5) is 22.0 Å². The molecule has 0 N–H and O–H groups in total. The van der Waals surface area contributed by atoms with E-state index in [0.717, 1.165) is 80.2 Å². The van der Waals surface area contributed by atoms with Crippen LogP contribution < -0.4 is 0 Å². The van der Waals surface area contributed by atoms with Crippen molar-refractivity contribution in [2.75, 3.05) is 0 Å². The van der Waals surface area contributed by atoms with Crippen LogP contribution in [0.5, 0.6) is 0 Å². The number of rotatable bonds is 7. The van der Waals surface area contributed by atoms with Gasteiger partial charge in [-0.05, 0) is 117 Å². The first-order valence-corrected chi connectivity index (χ1v) is 14.7. The second-order valence-electron chi connectivity index (χ2n) is 11.3. The molecule has 2 saturated carbocycles. The summed E-state index contributed by atoms with van der Waals surface area (Å²) in [6.45, 7) is 2.06. The highest BCUT2D eigenvalue weighted by atomic mass is 32.1. The van der Waals surface area contributed by atoms with Gasteiger partial charge in [-0.15, -0.1) is 11.3 Å². The van der Waals surface area contributed by atoms with Crippen molar-refractivity contribution in [2.24, 2.45) is 17.8 Å². The van der Waals surface area contributed by atoms with Crippen molar-refractivity contribution in [1.82, 2.24) is 0 Å². The summed E-state index contributed by atoms with van der Waals surface area (Å²) in [6.07, 6.45) is 11.8. The summed E-state index contributed by atoms with van der Waals surface area (Å²) in [4.78, 5) is 0.677. The van der Waals surface area contributed by atoms with Crippen LogP contribution in [-0.4, -0.2) is 0 Å². The van der Waals surface area contributed by atoms with Gasteiger partial charge < -0.3 is 0 Å². The molecule has 2 aliphatic carbocycles. The van der Waals surface area contributed by atoms with Crippen molar-refractivity contribution in [3.05, 3.63) is 69.4 Å². The minimum atomic E-state index is -1.39. The molecule has 0 amide bonds. The molecule has 5 rings (SSSR count). The van der Waals surface area contributed by atoms with Crippen LogP contribution in [0.3, 0.4) is 0 Å². The quantitative estimate of drug-likeness (QED) is 0.209. The third-order valence-corrected chi connectivity index (χ3v) is 10.1. The molecule has 0 radical (unpaired) electrons. The second kappa shape index (κ2) is 11.4. The van der Waals surface area contributed by atoms with Crippen LogP contribution in [0, 0.1) is 46.8 Å². The van der Waals surface area contributed by atoms with Gasteiger partial charge in [-0.25, -0.2) is 22.0 Å². The Balaban J connectivity index is 1.11. The van der Waals surface area contributed by atoms with Gasteiger partial charge in [-0.1, -0.05) is 26.2 Å². The van der Waals surface area contributed by atoms with Crippen LogP contribution in [0.25, 0.3) is 10.1 Å². The Morgan fingerprint density at radius 3 is 1.95 bits per heavy atom. The maximum absolute atomic E-state index is 15.0. The maximum Gasteiger partial charge on any atom is 0.194 e. The van der Waals surface area contributed by atoms with E-state index < -0.39 is 23.3 Å². The molecule has 2 aromatic carbocycles. The highest BCUT2D eigenvalue weighted by Crippen LogP contribution is 2.45. The Bertz CT molecular complexity index is 1210. The number of thiophene rings is 1. The molecule has 0 bridgehead atoms. The normalized spacial score (nSPS) is 24.6. The van der Waals surface area contributed by atoms with Gasteiger partial charge in [0.1, 0.15) is 11.6 Å². The molecule has 3 aromatic rings. The Kier molecular flexibility index (Phi) is 8.23. The van der Waals surface area contributed by atoms with Gasteiger partial charge in [0.2, 0.25) is 0 Å². The average molecular weight is 535 g/mol. The van der Waals surface area contributed by atoms with Gasteiger partial charge in [0.15, 0.2) is 17.5 Å². The van der Waals surface area contributed by atoms with Crippen LogP contribution >= 0.6 is 11.3 Å². The third-order valence-electron chi connectivity index (χ3n) is 8.94. The zero-order valence-electron chi connectivity index (χ0n) is 21.4. The number of hydrogen-bond acceptors (Lipinski definition) is 1. The first-order valence-electron chi connectivity index (χ1n) is 13.9. The van der Waals surface area contributed by atoms with Crippen molar-refractivity contribution < 1.29 is 22.0 Å². The fraction of sp³-hybridized carbons (Fsp3) is 0.548. The predicted molar refractivity (Wildman–Crippen MR) is 141 cm³/mol. The smallest absolute Gasteiger partial charge is 0.194 e. The maximum atomic E-state index is 15.0. The van der Waals surface area contributed by atoms with Crippen LogP contribution in [0.2, 0.25) is 0 Å². The summed E-state index contributed by atoms with van der Waals surface area (Å²) < 4.78 is 70.9. The zero-order valence-corrected chi connectivity index (χ0v) is 22.2. The van der Waals surface area contributed by atoms with Gasteiger partial charge in [-0.3, -0.25) is 0 Å². The molecule has 200 valence electrons. The molecular formula is C31H35F5S. The number of fused-ring (bicyclic) bond motifs is 1. The number of aryl methyl sites for hydroxylation is 2.